The fraction of sp³-hybridized carbons (Fsp3) is 0.923. The van der Waals surface area contributed by atoms with Gasteiger partial charge in [-0.05, 0) is 37.5 Å². The monoisotopic (exact) mass is 208 g/mol. The summed E-state index contributed by atoms with van der Waals surface area (Å²) in [7, 11) is 0. The minimum Gasteiger partial charge on any atom is -0.310 e. The van der Waals surface area contributed by atoms with Gasteiger partial charge in [0.25, 0.3) is 0 Å². The van der Waals surface area contributed by atoms with Gasteiger partial charge < -0.3 is 5.32 Å². The first-order valence-corrected chi connectivity index (χ1v) is 6.20. The average molecular weight is 208 g/mol. The molecule has 1 unspecified atom stereocenters. The summed E-state index contributed by atoms with van der Waals surface area (Å²) in [4.78, 5) is 0. The molecular formula is C13H24N2. The van der Waals surface area contributed by atoms with Gasteiger partial charge >= 0.3 is 0 Å². The highest BCUT2D eigenvalue weighted by molar-refractivity contribution is 4.87. The Bertz CT molecular complexity index is 217. The van der Waals surface area contributed by atoms with Crippen molar-refractivity contribution >= 4 is 0 Å². The van der Waals surface area contributed by atoms with Gasteiger partial charge in [0.1, 0.15) is 0 Å². The van der Waals surface area contributed by atoms with E-state index in [0.717, 1.165) is 6.42 Å². The average Bonchev–Trinajstić information content (AvgIpc) is 2.20. The third kappa shape index (κ3) is 4.22. The van der Waals surface area contributed by atoms with E-state index in [4.69, 9.17) is 5.26 Å². The zero-order valence-corrected chi connectivity index (χ0v) is 10.3. The molecule has 0 bridgehead atoms. The Kier molecular flexibility index (Phi) is 4.60. The topological polar surface area (TPSA) is 35.8 Å². The summed E-state index contributed by atoms with van der Waals surface area (Å²) in [6, 6.07) is 3.32. The molecule has 1 atom stereocenters. The predicted molar refractivity (Wildman–Crippen MR) is 63.5 cm³/mol. The summed E-state index contributed by atoms with van der Waals surface area (Å²) in [5.74, 6) is 0. The Morgan fingerprint density at radius 1 is 1.40 bits per heavy atom. The Labute approximate surface area is 94.1 Å². The minimum atomic E-state index is 0.404. The molecule has 1 saturated carbocycles. The van der Waals surface area contributed by atoms with Gasteiger partial charge in [0.05, 0.1) is 12.5 Å². The van der Waals surface area contributed by atoms with Gasteiger partial charge in [-0.15, -0.1) is 0 Å². The Hall–Kier alpha value is -0.550. The van der Waals surface area contributed by atoms with Crippen molar-refractivity contribution in [3.63, 3.8) is 0 Å². The van der Waals surface area contributed by atoms with Crippen LogP contribution in [0.25, 0.3) is 0 Å². The highest BCUT2D eigenvalue weighted by Gasteiger charge is 2.27. The van der Waals surface area contributed by atoms with E-state index in [0.29, 0.717) is 23.9 Å². The lowest BCUT2D eigenvalue weighted by atomic mass is 9.75. The Morgan fingerprint density at radius 3 is 2.47 bits per heavy atom. The predicted octanol–water partition coefficient (Wildman–Crippen LogP) is 3.24. The quantitative estimate of drug-likeness (QED) is 0.770. The minimum absolute atomic E-state index is 0.404. The van der Waals surface area contributed by atoms with Crippen LogP contribution in [0, 0.1) is 16.7 Å². The van der Waals surface area contributed by atoms with Crippen LogP contribution in [-0.4, -0.2) is 12.1 Å². The van der Waals surface area contributed by atoms with Crippen LogP contribution in [0.4, 0.5) is 0 Å². The first-order valence-electron chi connectivity index (χ1n) is 6.20. The van der Waals surface area contributed by atoms with Crippen LogP contribution in [0.1, 0.15) is 59.3 Å². The maximum Gasteiger partial charge on any atom is 0.0638 e. The summed E-state index contributed by atoms with van der Waals surface area (Å²) in [6.07, 6.45) is 6.88. The van der Waals surface area contributed by atoms with Crippen molar-refractivity contribution in [3.8, 4) is 6.07 Å². The van der Waals surface area contributed by atoms with Crippen molar-refractivity contribution in [2.45, 2.75) is 71.4 Å². The van der Waals surface area contributed by atoms with E-state index >= 15 is 0 Å². The van der Waals surface area contributed by atoms with Gasteiger partial charge in [-0.1, -0.05) is 20.8 Å². The normalized spacial score (nSPS) is 23.3. The summed E-state index contributed by atoms with van der Waals surface area (Å²) < 4.78 is 0. The second kappa shape index (κ2) is 5.51. The maximum absolute atomic E-state index is 8.69. The van der Waals surface area contributed by atoms with Crippen LogP contribution >= 0.6 is 0 Å². The standard InChI is InChI=1S/C13H24N2/c1-4-11(7-10-14)15-12-5-8-13(2,3)9-6-12/h11-12,15H,4-9H2,1-3H3. The molecule has 1 aliphatic carbocycles. The van der Waals surface area contributed by atoms with Gasteiger partial charge in [-0.25, -0.2) is 0 Å². The van der Waals surface area contributed by atoms with Crippen molar-refractivity contribution in [2.75, 3.05) is 0 Å². The van der Waals surface area contributed by atoms with Gasteiger partial charge in [-0.3, -0.25) is 0 Å². The highest BCUT2D eigenvalue weighted by Crippen LogP contribution is 2.35. The third-order valence-electron chi connectivity index (χ3n) is 3.64. The molecule has 0 aromatic heterocycles. The molecule has 0 saturated heterocycles. The molecule has 1 fully saturated rings. The molecule has 15 heavy (non-hydrogen) atoms. The molecule has 1 N–H and O–H groups in total. The molecule has 86 valence electrons. The maximum atomic E-state index is 8.69. The second-order valence-corrected chi connectivity index (χ2v) is 5.57. The lowest BCUT2D eigenvalue weighted by Crippen LogP contribution is -2.41. The van der Waals surface area contributed by atoms with E-state index in [1.165, 1.54) is 25.7 Å². The zero-order chi connectivity index (χ0) is 11.3. The van der Waals surface area contributed by atoms with E-state index in [1.54, 1.807) is 0 Å². The molecule has 1 rings (SSSR count). The number of hydrogen-bond donors (Lipinski definition) is 1. The molecule has 0 aromatic rings. The molecule has 0 aromatic carbocycles. The van der Waals surface area contributed by atoms with Crippen molar-refractivity contribution in [3.05, 3.63) is 0 Å². The molecule has 0 amide bonds. The van der Waals surface area contributed by atoms with Gasteiger partial charge in [0.15, 0.2) is 0 Å². The lowest BCUT2D eigenvalue weighted by molar-refractivity contribution is 0.197. The largest absolute Gasteiger partial charge is 0.310 e. The summed E-state index contributed by atoms with van der Waals surface area (Å²) in [6.45, 7) is 6.87. The summed E-state index contributed by atoms with van der Waals surface area (Å²) in [5.41, 5.74) is 0.537. The smallest absolute Gasteiger partial charge is 0.0638 e. The summed E-state index contributed by atoms with van der Waals surface area (Å²) in [5, 5.41) is 12.3. The van der Waals surface area contributed by atoms with E-state index in [2.05, 4.69) is 32.2 Å². The molecule has 0 spiro atoms. The van der Waals surface area contributed by atoms with E-state index < -0.39 is 0 Å². The molecule has 2 nitrogen and oxygen atoms in total. The molecular weight excluding hydrogens is 184 g/mol. The van der Waals surface area contributed by atoms with Crippen LogP contribution in [0.3, 0.4) is 0 Å². The first kappa shape index (κ1) is 12.5. The van der Waals surface area contributed by atoms with E-state index in [-0.39, 0.29) is 0 Å². The van der Waals surface area contributed by atoms with E-state index in [1.807, 2.05) is 0 Å². The van der Waals surface area contributed by atoms with Crippen LogP contribution in [0.2, 0.25) is 0 Å². The first-order chi connectivity index (χ1) is 7.07. The number of hydrogen-bond acceptors (Lipinski definition) is 2. The third-order valence-corrected chi connectivity index (χ3v) is 3.64. The fourth-order valence-corrected chi connectivity index (χ4v) is 2.33. The van der Waals surface area contributed by atoms with Crippen LogP contribution < -0.4 is 5.32 Å². The Morgan fingerprint density at radius 2 is 2.00 bits per heavy atom. The van der Waals surface area contributed by atoms with Gasteiger partial charge in [-0.2, -0.15) is 5.26 Å². The van der Waals surface area contributed by atoms with E-state index in [9.17, 15) is 0 Å². The highest BCUT2D eigenvalue weighted by atomic mass is 14.9. The molecule has 0 radical (unpaired) electrons. The van der Waals surface area contributed by atoms with Crippen LogP contribution in [0.15, 0.2) is 0 Å². The number of nitriles is 1. The lowest BCUT2D eigenvalue weighted by Gasteiger charge is -2.36. The van der Waals surface area contributed by atoms with Crippen molar-refractivity contribution < 1.29 is 0 Å². The zero-order valence-electron chi connectivity index (χ0n) is 10.3. The van der Waals surface area contributed by atoms with Crippen LogP contribution in [0.5, 0.6) is 0 Å². The fourth-order valence-electron chi connectivity index (χ4n) is 2.33. The van der Waals surface area contributed by atoms with Crippen molar-refractivity contribution in [1.82, 2.24) is 5.32 Å². The number of nitrogens with zero attached hydrogens (tertiary/aromatic N) is 1. The molecule has 0 heterocycles. The number of rotatable bonds is 4. The molecule has 2 heteroatoms. The van der Waals surface area contributed by atoms with Crippen molar-refractivity contribution in [2.24, 2.45) is 5.41 Å². The second-order valence-electron chi connectivity index (χ2n) is 5.57. The molecule has 1 aliphatic rings. The molecule has 0 aliphatic heterocycles. The van der Waals surface area contributed by atoms with Crippen LogP contribution in [-0.2, 0) is 0 Å². The van der Waals surface area contributed by atoms with Crippen molar-refractivity contribution in [1.29, 1.82) is 5.26 Å². The van der Waals surface area contributed by atoms with Gasteiger partial charge in [0, 0.05) is 12.1 Å². The number of nitrogens with one attached hydrogen (secondary N) is 1. The Balaban J connectivity index is 2.31. The SMILES string of the molecule is CCC(CC#N)NC1CCC(C)(C)CC1. The summed E-state index contributed by atoms with van der Waals surface area (Å²) >= 11 is 0. The van der Waals surface area contributed by atoms with Gasteiger partial charge in [0.2, 0.25) is 0 Å².